The third kappa shape index (κ3) is 6.61. The van der Waals surface area contributed by atoms with Crippen LogP contribution in [0.25, 0.3) is 21.5 Å². The Hall–Kier alpha value is -3.80. The van der Waals surface area contributed by atoms with Crippen molar-refractivity contribution in [1.29, 1.82) is 0 Å². The van der Waals surface area contributed by atoms with E-state index in [0.717, 1.165) is 38.5 Å². The molecule has 0 radical (unpaired) electrons. The molecular weight excluding hydrogens is 432 g/mol. The molecule has 0 saturated carbocycles. The van der Waals surface area contributed by atoms with E-state index < -0.39 is 12.3 Å². The van der Waals surface area contributed by atoms with E-state index in [4.69, 9.17) is 18.9 Å². The summed E-state index contributed by atoms with van der Waals surface area (Å²) in [4.78, 5) is 24.8. The molecule has 0 aliphatic carbocycles. The number of ether oxygens (including phenoxy) is 4. The lowest BCUT2D eigenvalue weighted by molar-refractivity contribution is 0.134. The third-order valence-corrected chi connectivity index (χ3v) is 5.17. The molecule has 0 atom stereocenters. The van der Waals surface area contributed by atoms with Crippen molar-refractivity contribution in [1.82, 2.24) is 0 Å². The van der Waals surface area contributed by atoms with Crippen LogP contribution in [0.1, 0.15) is 52.4 Å². The van der Waals surface area contributed by atoms with Gasteiger partial charge in [0.15, 0.2) is 0 Å². The van der Waals surface area contributed by atoms with E-state index in [1.165, 1.54) is 12.5 Å². The lowest BCUT2D eigenvalue weighted by Gasteiger charge is -2.15. The maximum atomic E-state index is 12.4. The van der Waals surface area contributed by atoms with Gasteiger partial charge in [0, 0.05) is 21.5 Å². The molecule has 6 nitrogen and oxygen atoms in total. The van der Waals surface area contributed by atoms with E-state index in [2.05, 4.69) is 13.8 Å². The number of benzene rings is 3. The highest BCUT2D eigenvalue weighted by Gasteiger charge is 2.20. The maximum absolute atomic E-state index is 12.4. The Morgan fingerprint density at radius 1 is 0.647 bits per heavy atom. The monoisotopic (exact) mass is 462 g/mol. The first-order chi connectivity index (χ1) is 16.7. The smallest absolute Gasteiger partial charge is 0.403 e. The third-order valence-electron chi connectivity index (χ3n) is 5.17. The zero-order valence-corrected chi connectivity index (χ0v) is 19.6. The topological polar surface area (TPSA) is 71.1 Å². The molecule has 0 spiro atoms. The fraction of sp³-hybridized carbons (Fsp3) is 0.286. The van der Waals surface area contributed by atoms with E-state index in [0.29, 0.717) is 33.0 Å². The number of hydrogen-bond acceptors (Lipinski definition) is 6. The van der Waals surface area contributed by atoms with Crippen LogP contribution >= 0.6 is 0 Å². The van der Waals surface area contributed by atoms with Crippen LogP contribution in [0.4, 0.5) is 9.59 Å². The van der Waals surface area contributed by atoms with E-state index in [1.807, 2.05) is 24.3 Å². The van der Waals surface area contributed by atoms with Crippen LogP contribution in [0.15, 0.2) is 73.2 Å². The fourth-order valence-electron chi connectivity index (χ4n) is 3.47. The zero-order valence-electron chi connectivity index (χ0n) is 19.6. The van der Waals surface area contributed by atoms with Crippen LogP contribution in [0, 0.1) is 0 Å². The first-order valence-electron chi connectivity index (χ1n) is 11.7. The molecule has 0 saturated heterocycles. The molecule has 0 heterocycles. The highest BCUT2D eigenvalue weighted by molar-refractivity contribution is 6.12. The van der Waals surface area contributed by atoms with Crippen molar-refractivity contribution in [3.05, 3.63) is 73.2 Å². The van der Waals surface area contributed by atoms with Crippen molar-refractivity contribution in [3.63, 3.8) is 0 Å². The molecule has 178 valence electrons. The molecule has 0 aromatic heterocycles. The lowest BCUT2D eigenvalue weighted by Crippen LogP contribution is -2.10. The van der Waals surface area contributed by atoms with E-state index in [1.54, 1.807) is 36.4 Å². The van der Waals surface area contributed by atoms with Gasteiger partial charge in [-0.15, -0.1) is 0 Å². The van der Waals surface area contributed by atoms with Crippen molar-refractivity contribution < 1.29 is 28.5 Å². The summed E-state index contributed by atoms with van der Waals surface area (Å²) in [6.45, 7) is 4.19. The normalized spacial score (nSPS) is 11.4. The number of carbonyl (C=O) groups excluding carboxylic acids is 2. The predicted octanol–water partition coefficient (Wildman–Crippen LogP) is 8.43. The minimum atomic E-state index is -0.839. The van der Waals surface area contributed by atoms with Crippen LogP contribution in [-0.4, -0.2) is 12.3 Å². The molecule has 0 N–H and O–H groups in total. The van der Waals surface area contributed by atoms with Gasteiger partial charge >= 0.3 is 12.3 Å². The molecule has 3 aromatic carbocycles. The number of carbonyl (C=O) groups is 2. The Kier molecular flexibility index (Phi) is 9.52. The summed E-state index contributed by atoms with van der Waals surface area (Å²) < 4.78 is 21.4. The minimum absolute atomic E-state index is 0.332. The van der Waals surface area contributed by atoms with Crippen LogP contribution in [0.5, 0.6) is 11.5 Å². The summed E-state index contributed by atoms with van der Waals surface area (Å²) in [5.41, 5.74) is 0. The van der Waals surface area contributed by atoms with Gasteiger partial charge in [0.25, 0.3) is 0 Å². The van der Waals surface area contributed by atoms with Gasteiger partial charge in [-0.05, 0) is 37.8 Å². The maximum Gasteiger partial charge on any atom is 0.518 e. The number of fused-ring (bicyclic) bond motifs is 2. The van der Waals surface area contributed by atoms with E-state index in [9.17, 15) is 9.59 Å². The summed E-state index contributed by atoms with van der Waals surface area (Å²) in [7, 11) is 0. The van der Waals surface area contributed by atoms with Crippen molar-refractivity contribution in [2.75, 3.05) is 0 Å². The zero-order chi connectivity index (χ0) is 24.2. The van der Waals surface area contributed by atoms with Crippen LogP contribution in [-0.2, 0) is 9.47 Å². The summed E-state index contributed by atoms with van der Waals surface area (Å²) in [5, 5.41) is 2.42. The molecule has 34 heavy (non-hydrogen) atoms. The van der Waals surface area contributed by atoms with Gasteiger partial charge in [0.05, 0.1) is 12.5 Å². The summed E-state index contributed by atoms with van der Waals surface area (Å²) in [5.74, 6) is 0.664. The van der Waals surface area contributed by atoms with Crippen molar-refractivity contribution in [2.45, 2.75) is 52.4 Å². The second kappa shape index (κ2) is 13.0. The fourth-order valence-corrected chi connectivity index (χ4v) is 3.47. The Morgan fingerprint density at radius 2 is 1.00 bits per heavy atom. The highest BCUT2D eigenvalue weighted by atomic mass is 16.7. The Labute approximate surface area is 199 Å². The summed E-state index contributed by atoms with van der Waals surface area (Å²) in [6.07, 6.45) is 10.4. The average molecular weight is 463 g/mol. The minimum Gasteiger partial charge on any atom is -0.403 e. The predicted molar refractivity (Wildman–Crippen MR) is 133 cm³/mol. The molecular formula is C28H30O6. The number of unbranched alkanes of at least 4 members (excludes halogenated alkanes) is 4. The quantitative estimate of drug-likeness (QED) is 0.0990. The van der Waals surface area contributed by atoms with Crippen LogP contribution < -0.4 is 9.47 Å². The number of rotatable bonds is 10. The molecule has 0 amide bonds. The van der Waals surface area contributed by atoms with Gasteiger partial charge in [0.2, 0.25) is 0 Å². The van der Waals surface area contributed by atoms with Gasteiger partial charge in [-0.3, -0.25) is 0 Å². The molecule has 3 rings (SSSR count). The number of allylic oxidation sites excluding steroid dienone is 2. The molecule has 0 unspecified atom stereocenters. The Bertz CT molecular complexity index is 1030. The Morgan fingerprint density at radius 3 is 1.32 bits per heavy atom. The molecule has 0 bridgehead atoms. The van der Waals surface area contributed by atoms with E-state index in [-0.39, 0.29) is 0 Å². The van der Waals surface area contributed by atoms with Gasteiger partial charge in [-0.2, -0.15) is 0 Å². The first-order valence-corrected chi connectivity index (χ1v) is 11.7. The van der Waals surface area contributed by atoms with Gasteiger partial charge in [-0.1, -0.05) is 75.2 Å². The molecule has 3 aromatic rings. The van der Waals surface area contributed by atoms with Crippen molar-refractivity contribution >= 4 is 33.9 Å². The SMILES string of the molecule is CCCC/C=C/OC(=O)Oc1c2ccccc2c(OC(=O)O/C=C/CCCC)c2ccccc12. The summed E-state index contributed by atoms with van der Waals surface area (Å²) in [6, 6.07) is 14.5. The Balaban J connectivity index is 1.90. The second-order valence-electron chi connectivity index (χ2n) is 7.72. The molecule has 0 aliphatic heterocycles. The molecule has 0 fully saturated rings. The van der Waals surface area contributed by atoms with Crippen molar-refractivity contribution in [3.8, 4) is 11.5 Å². The highest BCUT2D eigenvalue weighted by Crippen LogP contribution is 2.42. The van der Waals surface area contributed by atoms with Gasteiger partial charge < -0.3 is 18.9 Å². The first kappa shape index (κ1) is 24.8. The van der Waals surface area contributed by atoms with Crippen LogP contribution in [0.3, 0.4) is 0 Å². The largest absolute Gasteiger partial charge is 0.518 e. The van der Waals surface area contributed by atoms with Crippen LogP contribution in [0.2, 0.25) is 0 Å². The molecule has 0 aliphatic rings. The van der Waals surface area contributed by atoms with Crippen molar-refractivity contribution in [2.24, 2.45) is 0 Å². The van der Waals surface area contributed by atoms with Gasteiger partial charge in [-0.25, -0.2) is 9.59 Å². The molecule has 6 heteroatoms. The number of hydrogen-bond donors (Lipinski definition) is 0. The standard InChI is InChI=1S/C28H30O6/c1-3-5-7-13-19-31-27(29)33-25-21-15-9-11-17-23(21)26(24-18-12-10-16-22(24)25)34-28(30)32-20-14-8-6-4-2/h9-20H,3-8H2,1-2H3/b19-13+,20-14+. The summed E-state index contributed by atoms with van der Waals surface area (Å²) >= 11 is 0. The average Bonchev–Trinajstić information content (AvgIpc) is 2.85. The lowest BCUT2D eigenvalue weighted by atomic mass is 10.0. The van der Waals surface area contributed by atoms with Gasteiger partial charge in [0.1, 0.15) is 11.5 Å². The second-order valence-corrected chi connectivity index (χ2v) is 7.72. The van der Waals surface area contributed by atoms with E-state index >= 15 is 0 Å².